The van der Waals surface area contributed by atoms with Gasteiger partial charge < -0.3 is 15.0 Å². The molecule has 0 amide bonds. The summed E-state index contributed by atoms with van der Waals surface area (Å²) in [6.45, 7) is 8.08. The number of halogens is 2. The predicted octanol–water partition coefficient (Wildman–Crippen LogP) is 5.24. The monoisotopic (exact) mass is 429 g/mol. The van der Waals surface area contributed by atoms with Gasteiger partial charge in [-0.2, -0.15) is 4.98 Å². The van der Waals surface area contributed by atoms with E-state index in [9.17, 15) is 8.78 Å². The van der Waals surface area contributed by atoms with Crippen LogP contribution >= 0.6 is 0 Å². The molecule has 6 nitrogen and oxygen atoms in total. The third kappa shape index (κ3) is 5.38. The fraction of sp³-hybridized carbons (Fsp3) is 0.391. The Hall–Kier alpha value is -3.00. The molecule has 0 aliphatic carbocycles. The largest absolute Gasteiger partial charge is 0.375 e. The third-order valence-electron chi connectivity index (χ3n) is 5.19. The van der Waals surface area contributed by atoms with E-state index < -0.39 is 11.6 Å². The van der Waals surface area contributed by atoms with Crippen molar-refractivity contribution in [1.29, 1.82) is 0 Å². The first-order valence-electron chi connectivity index (χ1n) is 10.5. The molecular weight excluding hydrogens is 400 g/mol. The van der Waals surface area contributed by atoms with E-state index in [0.29, 0.717) is 12.1 Å². The van der Waals surface area contributed by atoms with E-state index in [2.05, 4.69) is 46.3 Å². The summed E-state index contributed by atoms with van der Waals surface area (Å²) >= 11 is 0. The Morgan fingerprint density at radius 3 is 2.42 bits per heavy atom. The first kappa shape index (κ1) is 21.2. The van der Waals surface area contributed by atoms with Crippen molar-refractivity contribution in [1.82, 2.24) is 14.8 Å². The average Bonchev–Trinajstić information content (AvgIpc) is 3.15. The van der Waals surface area contributed by atoms with Gasteiger partial charge in [0, 0.05) is 32.0 Å². The number of piperidine rings is 1. The van der Waals surface area contributed by atoms with Crippen LogP contribution in [0.4, 0.5) is 26.1 Å². The number of rotatable bonds is 6. The molecule has 1 N–H and O–H groups in total. The summed E-state index contributed by atoms with van der Waals surface area (Å²) < 4.78 is 34.3. The van der Waals surface area contributed by atoms with Gasteiger partial charge in [0.1, 0.15) is 18.0 Å². The van der Waals surface area contributed by atoms with Crippen LogP contribution in [0.5, 0.6) is 0 Å². The van der Waals surface area contributed by atoms with Gasteiger partial charge in [0.15, 0.2) is 0 Å². The Morgan fingerprint density at radius 1 is 1.03 bits per heavy atom. The van der Waals surface area contributed by atoms with E-state index in [1.165, 1.54) is 23.1 Å². The Labute approximate surface area is 182 Å². The summed E-state index contributed by atoms with van der Waals surface area (Å²) in [6, 6.07) is 9.49. The van der Waals surface area contributed by atoms with Crippen LogP contribution in [0.3, 0.4) is 0 Å². The van der Waals surface area contributed by atoms with E-state index in [1.54, 1.807) is 0 Å². The Balaban J connectivity index is 0.00000289. The van der Waals surface area contributed by atoms with Crippen LogP contribution in [-0.2, 0) is 4.74 Å². The zero-order valence-corrected chi connectivity index (χ0v) is 18.0. The van der Waals surface area contributed by atoms with Crippen LogP contribution in [0, 0.1) is 18.6 Å². The fourth-order valence-electron chi connectivity index (χ4n) is 3.90. The van der Waals surface area contributed by atoms with Crippen molar-refractivity contribution < 1.29 is 14.9 Å². The molecule has 4 rings (SSSR count). The number of benzene rings is 2. The number of hydrogen-bond donors (Lipinski definition) is 1. The summed E-state index contributed by atoms with van der Waals surface area (Å²) in [5.41, 5.74) is 3.39. The van der Waals surface area contributed by atoms with Gasteiger partial charge >= 0.3 is 0 Å². The number of ether oxygens (including phenoxy) is 1. The summed E-state index contributed by atoms with van der Waals surface area (Å²) in [6.07, 6.45) is 4.00. The van der Waals surface area contributed by atoms with Crippen LogP contribution < -0.4 is 10.2 Å². The number of aromatic nitrogens is 3. The molecule has 31 heavy (non-hydrogen) atoms. The van der Waals surface area contributed by atoms with E-state index in [1.807, 2.05) is 13.0 Å². The molecule has 166 valence electrons. The van der Waals surface area contributed by atoms with Gasteiger partial charge in [0.05, 0.1) is 17.9 Å². The van der Waals surface area contributed by atoms with Crippen LogP contribution in [-0.4, -0.2) is 40.1 Å². The highest BCUT2D eigenvalue weighted by Gasteiger charge is 2.21. The van der Waals surface area contributed by atoms with Crippen LogP contribution in [0.25, 0.3) is 5.69 Å². The van der Waals surface area contributed by atoms with Gasteiger partial charge in [0.25, 0.3) is 0 Å². The molecule has 2 heterocycles. The zero-order chi connectivity index (χ0) is 22.0. The molecule has 0 radical (unpaired) electrons. The summed E-state index contributed by atoms with van der Waals surface area (Å²) in [7, 11) is 0. The van der Waals surface area contributed by atoms with Gasteiger partial charge in [0.2, 0.25) is 5.95 Å². The Morgan fingerprint density at radius 2 is 1.74 bits per heavy atom. The van der Waals surface area contributed by atoms with Crippen molar-refractivity contribution in [2.24, 2.45) is 0 Å². The smallest absolute Gasteiger partial charge is 0.246 e. The van der Waals surface area contributed by atoms with Crippen molar-refractivity contribution in [2.75, 3.05) is 23.3 Å². The normalized spacial score (nSPS) is 15.0. The minimum Gasteiger partial charge on any atom is -0.375 e. The first-order chi connectivity index (χ1) is 14.9. The lowest BCUT2D eigenvalue weighted by Crippen LogP contribution is -2.38. The minimum atomic E-state index is -0.661. The highest BCUT2D eigenvalue weighted by molar-refractivity contribution is 5.64. The number of hydrogen-bond acceptors (Lipinski definition) is 5. The molecule has 1 aromatic heterocycles. The van der Waals surface area contributed by atoms with Crippen molar-refractivity contribution >= 4 is 17.3 Å². The lowest BCUT2D eigenvalue weighted by molar-refractivity contribution is -0.00478. The fourth-order valence-corrected chi connectivity index (χ4v) is 3.90. The maximum atomic E-state index is 13.5. The molecule has 1 aliphatic heterocycles. The van der Waals surface area contributed by atoms with E-state index in [0.717, 1.165) is 48.9 Å². The quantitative estimate of drug-likeness (QED) is 0.581. The zero-order valence-electron chi connectivity index (χ0n) is 18.0. The number of nitrogens with one attached hydrogen (secondary N) is 1. The highest BCUT2D eigenvalue weighted by Crippen LogP contribution is 2.27. The van der Waals surface area contributed by atoms with Gasteiger partial charge in [-0.25, -0.2) is 13.5 Å². The van der Waals surface area contributed by atoms with E-state index in [4.69, 9.17) is 4.74 Å². The molecule has 0 saturated carbocycles. The van der Waals surface area contributed by atoms with Crippen molar-refractivity contribution in [3.8, 4) is 5.69 Å². The van der Waals surface area contributed by atoms with Gasteiger partial charge in [-0.05, 0) is 69.5 Å². The molecule has 1 fully saturated rings. The van der Waals surface area contributed by atoms with Gasteiger partial charge in [-0.1, -0.05) is 0 Å². The highest BCUT2D eigenvalue weighted by atomic mass is 19.1. The van der Waals surface area contributed by atoms with Crippen molar-refractivity contribution in [2.45, 2.75) is 45.8 Å². The molecule has 1 saturated heterocycles. The second-order valence-corrected chi connectivity index (χ2v) is 8.19. The molecule has 2 aromatic carbocycles. The number of nitrogens with zero attached hydrogens (tertiary/aromatic N) is 4. The molecule has 0 unspecified atom stereocenters. The standard InChI is InChI=1S/C23H27F2N5O.H2/c1-15(2)31-22-4-6-29(7-5-22)20-9-16(3)8-19(13-20)27-23-26-14-30(28-23)21-11-17(24)10-18(25)12-21;/h8-15,22H,4-7H2,1-3H3,(H,27,28);1H. The lowest BCUT2D eigenvalue weighted by Gasteiger charge is -2.34. The first-order valence-corrected chi connectivity index (χ1v) is 10.5. The van der Waals surface area contributed by atoms with Gasteiger partial charge in [-0.3, -0.25) is 0 Å². The Bertz CT molecular complexity index is 1030. The molecular formula is C23H29F2N5O. The molecule has 0 spiro atoms. The van der Waals surface area contributed by atoms with Crippen LogP contribution in [0.15, 0.2) is 42.7 Å². The molecule has 1 aliphatic rings. The van der Waals surface area contributed by atoms with Crippen LogP contribution in [0.1, 0.15) is 33.7 Å². The second kappa shape index (κ2) is 9.01. The lowest BCUT2D eigenvalue weighted by atomic mass is 10.1. The van der Waals surface area contributed by atoms with Crippen molar-refractivity contribution in [3.05, 3.63) is 59.9 Å². The summed E-state index contributed by atoms with van der Waals surface area (Å²) in [5.74, 6) is -0.970. The molecule has 3 aromatic rings. The topological polar surface area (TPSA) is 55.2 Å². The van der Waals surface area contributed by atoms with Crippen molar-refractivity contribution in [3.63, 3.8) is 0 Å². The maximum absolute atomic E-state index is 13.5. The maximum Gasteiger partial charge on any atom is 0.246 e. The summed E-state index contributed by atoms with van der Waals surface area (Å²) in [5, 5.41) is 7.49. The summed E-state index contributed by atoms with van der Waals surface area (Å²) in [4.78, 5) is 6.58. The molecule has 0 atom stereocenters. The number of aryl methyl sites for hydroxylation is 1. The third-order valence-corrected chi connectivity index (χ3v) is 5.19. The van der Waals surface area contributed by atoms with E-state index in [-0.39, 0.29) is 13.2 Å². The van der Waals surface area contributed by atoms with E-state index >= 15 is 0 Å². The SMILES string of the molecule is Cc1cc(Nc2ncn(-c3cc(F)cc(F)c3)n2)cc(N2CCC(OC(C)C)CC2)c1.[HH]. The molecule has 8 heteroatoms. The average molecular weight is 430 g/mol. The molecule has 0 bridgehead atoms. The number of anilines is 3. The van der Waals surface area contributed by atoms with Crippen LogP contribution in [0.2, 0.25) is 0 Å². The second-order valence-electron chi connectivity index (χ2n) is 8.19. The van der Waals surface area contributed by atoms with Gasteiger partial charge in [-0.15, -0.1) is 5.10 Å². The predicted molar refractivity (Wildman–Crippen MR) is 119 cm³/mol. The Kier molecular flexibility index (Phi) is 6.18. The minimum absolute atomic E-state index is 0.